The van der Waals surface area contributed by atoms with E-state index in [1.54, 1.807) is 6.92 Å². The summed E-state index contributed by atoms with van der Waals surface area (Å²) in [5.41, 5.74) is 1.01. The van der Waals surface area contributed by atoms with Gasteiger partial charge < -0.3 is 15.0 Å². The summed E-state index contributed by atoms with van der Waals surface area (Å²) in [4.78, 5) is 25.0. The van der Waals surface area contributed by atoms with Crippen LogP contribution in [0.15, 0.2) is 30.3 Å². The van der Waals surface area contributed by atoms with Crippen LogP contribution in [0.1, 0.15) is 31.7 Å². The molecule has 0 atom stereocenters. The number of likely N-dealkylation sites (tertiary alicyclic amines) is 1. The zero-order valence-corrected chi connectivity index (χ0v) is 13.1. The van der Waals surface area contributed by atoms with E-state index in [1.807, 2.05) is 30.3 Å². The van der Waals surface area contributed by atoms with Crippen LogP contribution in [0.4, 0.5) is 0 Å². The van der Waals surface area contributed by atoms with Crippen molar-refractivity contribution in [3.63, 3.8) is 0 Å². The maximum atomic E-state index is 11.8. The van der Waals surface area contributed by atoms with E-state index >= 15 is 0 Å². The van der Waals surface area contributed by atoms with Crippen LogP contribution in [-0.4, -0.2) is 42.5 Å². The summed E-state index contributed by atoms with van der Waals surface area (Å²) in [6.45, 7) is 4.44. The first-order valence-electron chi connectivity index (χ1n) is 7.82. The average molecular weight is 304 g/mol. The van der Waals surface area contributed by atoms with Crippen molar-refractivity contribution in [2.75, 3.05) is 19.6 Å². The van der Waals surface area contributed by atoms with E-state index in [0.717, 1.165) is 38.0 Å². The first-order valence-corrected chi connectivity index (χ1v) is 7.82. The van der Waals surface area contributed by atoms with Gasteiger partial charge in [0.15, 0.2) is 0 Å². The number of carbonyl (C=O) groups is 2. The van der Waals surface area contributed by atoms with E-state index in [0.29, 0.717) is 13.0 Å². The van der Waals surface area contributed by atoms with Gasteiger partial charge in [0, 0.05) is 32.6 Å². The molecule has 5 heteroatoms. The lowest BCUT2D eigenvalue weighted by molar-refractivity contribution is -0.145. The SMILES string of the molecule is CC(=O)NC1CCN(CCC(=O)OCc2ccccc2)CC1. The van der Waals surface area contributed by atoms with Crippen LogP contribution in [0.5, 0.6) is 0 Å². The second-order valence-corrected chi connectivity index (χ2v) is 5.71. The van der Waals surface area contributed by atoms with Gasteiger partial charge in [-0.3, -0.25) is 9.59 Å². The third-order valence-electron chi connectivity index (χ3n) is 3.87. The average Bonchev–Trinajstić information content (AvgIpc) is 2.53. The standard InChI is InChI=1S/C17H24N2O3/c1-14(20)18-16-7-10-19(11-8-16)12-9-17(21)22-13-15-5-3-2-4-6-15/h2-6,16H,7-13H2,1H3,(H,18,20). The quantitative estimate of drug-likeness (QED) is 0.813. The summed E-state index contributed by atoms with van der Waals surface area (Å²) in [6.07, 6.45) is 2.30. The fourth-order valence-electron chi connectivity index (χ4n) is 2.65. The highest BCUT2D eigenvalue weighted by molar-refractivity contribution is 5.73. The normalized spacial score (nSPS) is 16.2. The van der Waals surface area contributed by atoms with Crippen molar-refractivity contribution in [1.29, 1.82) is 0 Å². The maximum absolute atomic E-state index is 11.8. The number of esters is 1. The third-order valence-corrected chi connectivity index (χ3v) is 3.87. The summed E-state index contributed by atoms with van der Waals surface area (Å²) in [5.74, 6) is -0.129. The Morgan fingerprint density at radius 1 is 1.23 bits per heavy atom. The van der Waals surface area contributed by atoms with Crippen molar-refractivity contribution in [3.05, 3.63) is 35.9 Å². The van der Waals surface area contributed by atoms with Gasteiger partial charge in [0.05, 0.1) is 6.42 Å². The Labute approximate surface area is 131 Å². The van der Waals surface area contributed by atoms with Crippen molar-refractivity contribution < 1.29 is 14.3 Å². The smallest absolute Gasteiger partial charge is 0.307 e. The highest BCUT2D eigenvalue weighted by Crippen LogP contribution is 2.11. The lowest BCUT2D eigenvalue weighted by Crippen LogP contribution is -2.44. The van der Waals surface area contributed by atoms with Gasteiger partial charge in [-0.1, -0.05) is 30.3 Å². The maximum Gasteiger partial charge on any atom is 0.307 e. The number of nitrogens with one attached hydrogen (secondary N) is 1. The molecule has 1 fully saturated rings. The minimum absolute atomic E-state index is 0.0305. The summed E-state index contributed by atoms with van der Waals surface area (Å²) in [7, 11) is 0. The Morgan fingerprint density at radius 2 is 1.91 bits per heavy atom. The molecule has 0 bridgehead atoms. The number of piperidine rings is 1. The van der Waals surface area contributed by atoms with Crippen molar-refractivity contribution in [1.82, 2.24) is 10.2 Å². The van der Waals surface area contributed by atoms with Crippen LogP contribution >= 0.6 is 0 Å². The van der Waals surface area contributed by atoms with Crippen molar-refractivity contribution in [2.45, 2.75) is 38.8 Å². The van der Waals surface area contributed by atoms with Crippen LogP contribution in [0.3, 0.4) is 0 Å². The monoisotopic (exact) mass is 304 g/mol. The molecule has 22 heavy (non-hydrogen) atoms. The van der Waals surface area contributed by atoms with Crippen molar-refractivity contribution >= 4 is 11.9 Å². The Hall–Kier alpha value is -1.88. The fourth-order valence-corrected chi connectivity index (χ4v) is 2.65. The molecule has 1 amide bonds. The predicted molar refractivity (Wildman–Crippen MR) is 84.1 cm³/mol. The van der Waals surface area contributed by atoms with Crippen molar-refractivity contribution in [2.24, 2.45) is 0 Å². The van der Waals surface area contributed by atoms with Crippen LogP contribution < -0.4 is 5.32 Å². The minimum Gasteiger partial charge on any atom is -0.461 e. The molecule has 1 saturated heterocycles. The van der Waals surface area contributed by atoms with Gasteiger partial charge in [-0.15, -0.1) is 0 Å². The highest BCUT2D eigenvalue weighted by Gasteiger charge is 2.20. The molecule has 1 aliphatic heterocycles. The molecule has 0 aromatic heterocycles. The van der Waals surface area contributed by atoms with E-state index in [-0.39, 0.29) is 17.9 Å². The van der Waals surface area contributed by atoms with E-state index < -0.39 is 0 Å². The zero-order chi connectivity index (χ0) is 15.8. The van der Waals surface area contributed by atoms with Gasteiger partial charge >= 0.3 is 5.97 Å². The Kier molecular flexibility index (Phi) is 6.40. The van der Waals surface area contributed by atoms with Gasteiger partial charge in [0.1, 0.15) is 6.61 Å². The largest absolute Gasteiger partial charge is 0.461 e. The zero-order valence-electron chi connectivity index (χ0n) is 13.1. The lowest BCUT2D eigenvalue weighted by atomic mass is 10.0. The highest BCUT2D eigenvalue weighted by atomic mass is 16.5. The molecular formula is C17H24N2O3. The number of amides is 1. The first kappa shape index (κ1) is 16.5. The molecule has 0 aliphatic carbocycles. The van der Waals surface area contributed by atoms with Gasteiger partial charge in [-0.2, -0.15) is 0 Å². The van der Waals surface area contributed by atoms with Gasteiger partial charge in [-0.25, -0.2) is 0 Å². The van der Waals surface area contributed by atoms with Crippen LogP contribution in [0.2, 0.25) is 0 Å². The molecule has 0 spiro atoms. The van der Waals surface area contributed by atoms with E-state index in [9.17, 15) is 9.59 Å². The Bertz CT molecular complexity index is 482. The molecule has 0 unspecified atom stereocenters. The van der Waals surface area contributed by atoms with Crippen LogP contribution in [0, 0.1) is 0 Å². The fraction of sp³-hybridized carbons (Fsp3) is 0.529. The molecule has 5 nitrogen and oxygen atoms in total. The number of carbonyl (C=O) groups excluding carboxylic acids is 2. The van der Waals surface area contributed by atoms with Crippen LogP contribution in [0.25, 0.3) is 0 Å². The second-order valence-electron chi connectivity index (χ2n) is 5.71. The Balaban J connectivity index is 1.60. The Morgan fingerprint density at radius 3 is 2.55 bits per heavy atom. The van der Waals surface area contributed by atoms with Gasteiger partial charge in [0.2, 0.25) is 5.91 Å². The molecule has 1 aromatic rings. The molecule has 1 N–H and O–H groups in total. The van der Waals surface area contributed by atoms with Crippen molar-refractivity contribution in [3.8, 4) is 0 Å². The summed E-state index contributed by atoms with van der Waals surface area (Å²) >= 11 is 0. The van der Waals surface area contributed by atoms with Crippen LogP contribution in [-0.2, 0) is 20.9 Å². The summed E-state index contributed by atoms with van der Waals surface area (Å²) < 4.78 is 5.27. The van der Waals surface area contributed by atoms with E-state index in [2.05, 4.69) is 10.2 Å². The molecule has 0 radical (unpaired) electrons. The lowest BCUT2D eigenvalue weighted by Gasteiger charge is -2.31. The molecular weight excluding hydrogens is 280 g/mol. The molecule has 1 aromatic carbocycles. The minimum atomic E-state index is -0.159. The van der Waals surface area contributed by atoms with E-state index in [4.69, 9.17) is 4.74 Å². The van der Waals surface area contributed by atoms with Gasteiger partial charge in [0.25, 0.3) is 0 Å². The number of ether oxygens (including phenoxy) is 1. The number of benzene rings is 1. The topological polar surface area (TPSA) is 58.6 Å². The first-order chi connectivity index (χ1) is 10.6. The summed E-state index contributed by atoms with van der Waals surface area (Å²) in [6, 6.07) is 9.97. The van der Waals surface area contributed by atoms with Gasteiger partial charge in [-0.05, 0) is 18.4 Å². The third kappa shape index (κ3) is 5.85. The number of hydrogen-bond donors (Lipinski definition) is 1. The molecule has 1 aliphatic rings. The summed E-state index contributed by atoms with van der Waals surface area (Å²) in [5, 5.41) is 2.95. The number of hydrogen-bond acceptors (Lipinski definition) is 4. The molecule has 2 rings (SSSR count). The second kappa shape index (κ2) is 8.54. The predicted octanol–water partition coefficient (Wildman–Crippen LogP) is 1.72. The molecule has 1 heterocycles. The molecule has 0 saturated carbocycles. The number of rotatable bonds is 6. The number of nitrogens with zero attached hydrogens (tertiary/aromatic N) is 1. The van der Waals surface area contributed by atoms with E-state index in [1.165, 1.54) is 0 Å². The molecule has 120 valence electrons.